The molecule has 1 aromatic heterocycles. The summed E-state index contributed by atoms with van der Waals surface area (Å²) in [5.41, 5.74) is 0.979. The smallest absolute Gasteiger partial charge is 0.308 e. The van der Waals surface area contributed by atoms with Gasteiger partial charge in [0.1, 0.15) is 11.5 Å². The van der Waals surface area contributed by atoms with Gasteiger partial charge in [-0.05, 0) is 29.8 Å². The molecule has 25 heavy (non-hydrogen) atoms. The highest BCUT2D eigenvalue weighted by molar-refractivity contribution is 5.72. The van der Waals surface area contributed by atoms with Crippen LogP contribution in [0.15, 0.2) is 34.7 Å². The minimum Gasteiger partial charge on any atom is -0.481 e. The summed E-state index contributed by atoms with van der Waals surface area (Å²) in [6.45, 7) is 4.09. The molecule has 6 nitrogen and oxygen atoms in total. The summed E-state index contributed by atoms with van der Waals surface area (Å²) in [6, 6.07) is 9.67. The number of hydrogen-bond acceptors (Lipinski definition) is 5. The van der Waals surface area contributed by atoms with E-state index < -0.39 is 11.9 Å². The van der Waals surface area contributed by atoms with Crippen molar-refractivity contribution in [3.05, 3.63) is 47.4 Å². The molecule has 1 fully saturated rings. The van der Waals surface area contributed by atoms with Gasteiger partial charge >= 0.3 is 5.97 Å². The van der Waals surface area contributed by atoms with Gasteiger partial charge in [0.25, 0.3) is 0 Å². The van der Waals surface area contributed by atoms with Gasteiger partial charge in [0.15, 0.2) is 11.5 Å². The van der Waals surface area contributed by atoms with E-state index in [1.54, 1.807) is 0 Å². The Morgan fingerprint density at radius 2 is 1.96 bits per heavy atom. The van der Waals surface area contributed by atoms with Crippen molar-refractivity contribution < 1.29 is 23.8 Å². The molecular weight excluding hydrogens is 322 g/mol. The summed E-state index contributed by atoms with van der Waals surface area (Å²) in [6.07, 6.45) is 0.859. The SMILES string of the molecule is CCc1ccc(CN2C[C@H](C(=O)O)[C@@H](c3ccc4c(c3)OCO4)C2)o1. The Bertz CT molecular complexity index is 784. The molecule has 0 spiro atoms. The fourth-order valence-corrected chi connectivity index (χ4v) is 3.66. The summed E-state index contributed by atoms with van der Waals surface area (Å²) in [7, 11) is 0. The van der Waals surface area contributed by atoms with Crippen molar-refractivity contribution >= 4 is 5.97 Å². The van der Waals surface area contributed by atoms with E-state index in [1.165, 1.54) is 0 Å². The number of aliphatic carboxylic acids is 1. The maximum absolute atomic E-state index is 11.8. The molecule has 0 aliphatic carbocycles. The number of hydrogen-bond donors (Lipinski definition) is 1. The van der Waals surface area contributed by atoms with Crippen molar-refractivity contribution in [3.8, 4) is 11.5 Å². The van der Waals surface area contributed by atoms with Crippen LogP contribution in [0.4, 0.5) is 0 Å². The molecule has 132 valence electrons. The number of aryl methyl sites for hydroxylation is 1. The van der Waals surface area contributed by atoms with Crippen LogP contribution in [-0.2, 0) is 17.8 Å². The number of ether oxygens (including phenoxy) is 2. The molecular formula is C19H21NO5. The fraction of sp³-hybridized carbons (Fsp3) is 0.421. The van der Waals surface area contributed by atoms with Crippen LogP contribution in [0.25, 0.3) is 0 Å². The number of carboxylic acids is 1. The molecule has 2 aliphatic heterocycles. The molecule has 4 rings (SSSR count). The molecule has 0 amide bonds. The zero-order valence-corrected chi connectivity index (χ0v) is 14.1. The van der Waals surface area contributed by atoms with Gasteiger partial charge in [-0.25, -0.2) is 0 Å². The van der Waals surface area contributed by atoms with Gasteiger partial charge in [0.05, 0.1) is 12.5 Å². The Kier molecular flexibility index (Phi) is 4.13. The molecule has 2 aliphatic rings. The maximum atomic E-state index is 11.8. The van der Waals surface area contributed by atoms with E-state index in [-0.39, 0.29) is 12.7 Å². The lowest BCUT2D eigenvalue weighted by molar-refractivity contribution is -0.141. The van der Waals surface area contributed by atoms with Gasteiger partial charge in [0, 0.05) is 25.4 Å². The molecule has 0 unspecified atom stereocenters. The molecule has 6 heteroatoms. The third-order valence-corrected chi connectivity index (χ3v) is 4.98. The van der Waals surface area contributed by atoms with E-state index in [1.807, 2.05) is 30.3 Å². The standard InChI is InChI=1S/C19H21NO5/c1-2-13-4-5-14(25-13)8-20-9-15(16(10-20)19(21)22)12-3-6-17-18(7-12)24-11-23-17/h3-7,15-16H,2,8-11H2,1H3,(H,21,22)/t15-,16+/m1/s1. The molecule has 3 heterocycles. The van der Waals surface area contributed by atoms with Crippen molar-refractivity contribution in [2.75, 3.05) is 19.9 Å². The van der Waals surface area contributed by atoms with Gasteiger partial charge in [-0.2, -0.15) is 0 Å². The summed E-state index contributed by atoms with van der Waals surface area (Å²) >= 11 is 0. The van der Waals surface area contributed by atoms with Crippen molar-refractivity contribution in [2.24, 2.45) is 5.92 Å². The van der Waals surface area contributed by atoms with Crippen LogP contribution in [0.2, 0.25) is 0 Å². The first-order valence-electron chi connectivity index (χ1n) is 8.56. The van der Waals surface area contributed by atoms with Crippen LogP contribution in [0.5, 0.6) is 11.5 Å². The summed E-state index contributed by atoms with van der Waals surface area (Å²) in [4.78, 5) is 13.9. The number of likely N-dealkylation sites (tertiary alicyclic amines) is 1. The number of fused-ring (bicyclic) bond motifs is 1. The molecule has 2 atom stereocenters. The highest BCUT2D eigenvalue weighted by Gasteiger charge is 2.39. The molecule has 2 aromatic rings. The van der Waals surface area contributed by atoms with E-state index in [0.29, 0.717) is 31.1 Å². The highest BCUT2D eigenvalue weighted by atomic mass is 16.7. The third-order valence-electron chi connectivity index (χ3n) is 4.98. The van der Waals surface area contributed by atoms with Gasteiger partial charge in [-0.1, -0.05) is 13.0 Å². The maximum Gasteiger partial charge on any atom is 0.308 e. The Balaban J connectivity index is 1.53. The average molecular weight is 343 g/mol. The molecule has 1 N–H and O–H groups in total. The van der Waals surface area contributed by atoms with Gasteiger partial charge in [-0.3, -0.25) is 9.69 Å². The average Bonchev–Trinajstić information content (AvgIpc) is 3.33. The third kappa shape index (κ3) is 3.09. The van der Waals surface area contributed by atoms with E-state index >= 15 is 0 Å². The van der Waals surface area contributed by atoms with Gasteiger partial charge in [-0.15, -0.1) is 0 Å². The lowest BCUT2D eigenvalue weighted by Gasteiger charge is -2.16. The van der Waals surface area contributed by atoms with E-state index in [4.69, 9.17) is 13.9 Å². The Hall–Kier alpha value is -2.47. The molecule has 1 aromatic carbocycles. The van der Waals surface area contributed by atoms with Crippen LogP contribution in [-0.4, -0.2) is 35.9 Å². The monoisotopic (exact) mass is 343 g/mol. The summed E-state index contributed by atoms with van der Waals surface area (Å²) in [5, 5.41) is 9.66. The minimum atomic E-state index is -0.765. The van der Waals surface area contributed by atoms with Crippen molar-refractivity contribution in [2.45, 2.75) is 25.8 Å². The van der Waals surface area contributed by atoms with Crippen LogP contribution in [0, 0.1) is 5.92 Å². The zero-order valence-electron chi connectivity index (χ0n) is 14.1. The first-order valence-corrected chi connectivity index (χ1v) is 8.56. The molecule has 0 radical (unpaired) electrons. The number of benzene rings is 1. The van der Waals surface area contributed by atoms with Crippen LogP contribution >= 0.6 is 0 Å². The number of carboxylic acid groups (broad SMARTS) is 1. The number of carbonyl (C=O) groups is 1. The predicted molar refractivity (Wildman–Crippen MR) is 89.8 cm³/mol. The topological polar surface area (TPSA) is 72.1 Å². The Morgan fingerprint density at radius 3 is 2.72 bits per heavy atom. The second-order valence-electron chi connectivity index (χ2n) is 6.58. The van der Waals surface area contributed by atoms with Crippen molar-refractivity contribution in [1.29, 1.82) is 0 Å². The number of nitrogens with zero attached hydrogens (tertiary/aromatic N) is 1. The molecule has 0 saturated carbocycles. The van der Waals surface area contributed by atoms with Gasteiger partial charge < -0.3 is 19.0 Å². The predicted octanol–water partition coefficient (Wildman–Crippen LogP) is 2.87. The Labute approximate surface area is 145 Å². The molecule has 0 bridgehead atoms. The van der Waals surface area contributed by atoms with E-state index in [0.717, 1.165) is 23.5 Å². The molecule has 1 saturated heterocycles. The fourth-order valence-electron chi connectivity index (χ4n) is 3.66. The van der Waals surface area contributed by atoms with E-state index in [9.17, 15) is 9.90 Å². The van der Waals surface area contributed by atoms with Crippen LogP contribution in [0.1, 0.15) is 29.9 Å². The quantitative estimate of drug-likeness (QED) is 0.900. The normalized spacial score (nSPS) is 22.4. The Morgan fingerprint density at radius 1 is 1.16 bits per heavy atom. The summed E-state index contributed by atoms with van der Waals surface area (Å²) in [5.74, 6) is 1.96. The van der Waals surface area contributed by atoms with Crippen LogP contribution in [0.3, 0.4) is 0 Å². The van der Waals surface area contributed by atoms with Gasteiger partial charge in [0.2, 0.25) is 6.79 Å². The second kappa shape index (κ2) is 6.44. The lowest BCUT2D eigenvalue weighted by Crippen LogP contribution is -2.23. The second-order valence-corrected chi connectivity index (χ2v) is 6.58. The largest absolute Gasteiger partial charge is 0.481 e. The number of furan rings is 1. The zero-order chi connectivity index (χ0) is 17.4. The lowest BCUT2D eigenvalue weighted by atomic mass is 9.89. The number of rotatable bonds is 5. The van der Waals surface area contributed by atoms with Crippen molar-refractivity contribution in [1.82, 2.24) is 4.90 Å². The van der Waals surface area contributed by atoms with Crippen LogP contribution < -0.4 is 9.47 Å². The first-order chi connectivity index (χ1) is 12.1. The van der Waals surface area contributed by atoms with Crippen molar-refractivity contribution in [3.63, 3.8) is 0 Å². The van der Waals surface area contributed by atoms with E-state index in [2.05, 4.69) is 11.8 Å². The first kappa shape index (κ1) is 16.0. The highest BCUT2D eigenvalue weighted by Crippen LogP contribution is 2.39. The minimum absolute atomic E-state index is 0.0763. The summed E-state index contributed by atoms with van der Waals surface area (Å²) < 4.78 is 16.5.